The van der Waals surface area contributed by atoms with Crippen LogP contribution in [0.25, 0.3) is 16.6 Å². The number of anilines is 1. The fraction of sp³-hybridized carbons (Fsp3) is 0.174. The van der Waals surface area contributed by atoms with E-state index < -0.39 is 11.9 Å². The summed E-state index contributed by atoms with van der Waals surface area (Å²) in [5, 5.41) is 8.28. The maximum absolute atomic E-state index is 12.4. The van der Waals surface area contributed by atoms with E-state index in [1.165, 1.54) is 0 Å². The van der Waals surface area contributed by atoms with Crippen LogP contribution in [-0.4, -0.2) is 33.2 Å². The molecule has 30 heavy (non-hydrogen) atoms. The number of aromatic amines is 1. The number of aryl methyl sites for hydroxylation is 1. The summed E-state index contributed by atoms with van der Waals surface area (Å²) in [6.45, 7) is 3.35. The van der Waals surface area contributed by atoms with E-state index in [0.29, 0.717) is 11.4 Å². The van der Waals surface area contributed by atoms with Crippen molar-refractivity contribution in [1.82, 2.24) is 14.8 Å². The number of hydrogen-bond acceptors (Lipinski definition) is 4. The van der Waals surface area contributed by atoms with Crippen molar-refractivity contribution in [2.45, 2.75) is 20.3 Å². The van der Waals surface area contributed by atoms with Gasteiger partial charge in [0.15, 0.2) is 6.61 Å². The standard InChI is InChI=1S/C23H22N4O3/c1-15-23(16(2)27(26-15)18-8-4-3-5-9-18)25-21(28)14-30-22(29)12-17-13-24-20-11-7-6-10-19(17)20/h3-11,13,24H,12,14H2,1-2H3,(H,25,28). The zero-order valence-corrected chi connectivity index (χ0v) is 16.8. The van der Waals surface area contributed by atoms with Crippen molar-refractivity contribution in [3.05, 3.63) is 77.7 Å². The second kappa shape index (κ2) is 8.24. The van der Waals surface area contributed by atoms with E-state index in [4.69, 9.17) is 4.74 Å². The summed E-state index contributed by atoms with van der Waals surface area (Å²) in [6, 6.07) is 17.4. The Labute approximate surface area is 173 Å². The van der Waals surface area contributed by atoms with Gasteiger partial charge in [0.1, 0.15) is 0 Å². The van der Waals surface area contributed by atoms with Crippen molar-refractivity contribution in [3.63, 3.8) is 0 Å². The van der Waals surface area contributed by atoms with Crippen LogP contribution in [0.5, 0.6) is 0 Å². The highest BCUT2D eigenvalue weighted by Crippen LogP contribution is 2.23. The molecule has 0 spiro atoms. The third-order valence-corrected chi connectivity index (χ3v) is 4.93. The van der Waals surface area contributed by atoms with Gasteiger partial charge >= 0.3 is 5.97 Å². The minimum atomic E-state index is -0.455. The summed E-state index contributed by atoms with van der Waals surface area (Å²) in [4.78, 5) is 27.7. The molecule has 4 aromatic rings. The molecule has 0 fully saturated rings. The lowest BCUT2D eigenvalue weighted by atomic mass is 10.1. The van der Waals surface area contributed by atoms with Gasteiger partial charge in [0.25, 0.3) is 5.91 Å². The third kappa shape index (κ3) is 3.96. The number of para-hydroxylation sites is 2. The number of ether oxygens (including phenoxy) is 1. The van der Waals surface area contributed by atoms with Crippen LogP contribution in [0, 0.1) is 13.8 Å². The molecule has 0 radical (unpaired) electrons. The van der Waals surface area contributed by atoms with E-state index in [2.05, 4.69) is 15.4 Å². The van der Waals surface area contributed by atoms with Gasteiger partial charge in [0.2, 0.25) is 0 Å². The SMILES string of the molecule is Cc1nn(-c2ccccc2)c(C)c1NC(=O)COC(=O)Cc1c[nH]c2ccccc12. The molecule has 0 atom stereocenters. The molecule has 2 aromatic carbocycles. The zero-order chi connectivity index (χ0) is 21.1. The molecule has 0 unspecified atom stereocenters. The first-order valence-electron chi connectivity index (χ1n) is 9.65. The van der Waals surface area contributed by atoms with Gasteiger partial charge in [-0.15, -0.1) is 0 Å². The molecule has 0 bridgehead atoms. The summed E-state index contributed by atoms with van der Waals surface area (Å²) >= 11 is 0. The second-order valence-electron chi connectivity index (χ2n) is 7.04. The van der Waals surface area contributed by atoms with Crippen LogP contribution in [-0.2, 0) is 20.7 Å². The predicted octanol–water partition coefficient (Wildman–Crippen LogP) is 3.69. The summed E-state index contributed by atoms with van der Waals surface area (Å²) in [7, 11) is 0. The van der Waals surface area contributed by atoms with Gasteiger partial charge in [0.05, 0.1) is 29.2 Å². The molecule has 4 rings (SSSR count). The first kappa shape index (κ1) is 19.4. The van der Waals surface area contributed by atoms with Gasteiger partial charge in [-0.2, -0.15) is 5.10 Å². The fourth-order valence-corrected chi connectivity index (χ4v) is 3.45. The number of nitrogens with one attached hydrogen (secondary N) is 2. The van der Waals surface area contributed by atoms with Crippen molar-refractivity contribution in [3.8, 4) is 5.69 Å². The fourth-order valence-electron chi connectivity index (χ4n) is 3.45. The van der Waals surface area contributed by atoms with E-state index in [0.717, 1.165) is 27.8 Å². The monoisotopic (exact) mass is 402 g/mol. The summed E-state index contributed by atoms with van der Waals surface area (Å²) < 4.78 is 6.95. The molecule has 0 saturated heterocycles. The Bertz CT molecular complexity index is 1210. The number of rotatable bonds is 6. The minimum absolute atomic E-state index is 0.0985. The Morgan fingerprint density at radius 1 is 1.07 bits per heavy atom. The van der Waals surface area contributed by atoms with Gasteiger partial charge in [-0.05, 0) is 37.6 Å². The Hall–Kier alpha value is -3.87. The van der Waals surface area contributed by atoms with E-state index in [1.807, 2.05) is 68.4 Å². The molecule has 0 saturated carbocycles. The highest BCUT2D eigenvalue weighted by molar-refractivity contribution is 5.94. The lowest BCUT2D eigenvalue weighted by molar-refractivity contribution is -0.146. The zero-order valence-electron chi connectivity index (χ0n) is 16.8. The first-order chi connectivity index (χ1) is 14.5. The normalized spacial score (nSPS) is 10.9. The molecule has 7 nitrogen and oxygen atoms in total. The van der Waals surface area contributed by atoms with Gasteiger partial charge in [0, 0.05) is 17.1 Å². The molecule has 1 amide bonds. The van der Waals surface area contributed by atoms with Crippen LogP contribution in [0.15, 0.2) is 60.8 Å². The summed E-state index contributed by atoms with van der Waals surface area (Å²) in [6.07, 6.45) is 1.89. The quantitative estimate of drug-likeness (QED) is 0.481. The van der Waals surface area contributed by atoms with E-state index in [1.54, 1.807) is 10.9 Å². The maximum Gasteiger partial charge on any atom is 0.310 e. The van der Waals surface area contributed by atoms with Crippen molar-refractivity contribution < 1.29 is 14.3 Å². The lowest BCUT2D eigenvalue weighted by Crippen LogP contribution is -2.22. The molecule has 7 heteroatoms. The van der Waals surface area contributed by atoms with E-state index >= 15 is 0 Å². The Kier molecular flexibility index (Phi) is 5.34. The number of carbonyl (C=O) groups excluding carboxylic acids is 2. The highest BCUT2D eigenvalue weighted by atomic mass is 16.5. The van der Waals surface area contributed by atoms with Crippen LogP contribution in [0.2, 0.25) is 0 Å². The highest BCUT2D eigenvalue weighted by Gasteiger charge is 2.17. The smallest absolute Gasteiger partial charge is 0.310 e. The first-order valence-corrected chi connectivity index (χ1v) is 9.65. The minimum Gasteiger partial charge on any atom is -0.455 e. The second-order valence-corrected chi connectivity index (χ2v) is 7.04. The number of esters is 1. The van der Waals surface area contributed by atoms with Gasteiger partial charge in [-0.25, -0.2) is 4.68 Å². The summed E-state index contributed by atoms with van der Waals surface area (Å²) in [5.41, 5.74) is 4.82. The van der Waals surface area contributed by atoms with Crippen molar-refractivity contribution in [2.75, 3.05) is 11.9 Å². The van der Waals surface area contributed by atoms with Crippen molar-refractivity contribution in [1.29, 1.82) is 0 Å². The third-order valence-electron chi connectivity index (χ3n) is 4.93. The molecular weight excluding hydrogens is 380 g/mol. The van der Waals surface area contributed by atoms with Crippen LogP contribution >= 0.6 is 0 Å². The molecule has 2 aromatic heterocycles. The number of benzene rings is 2. The average Bonchev–Trinajstić information content (AvgIpc) is 3.29. The van der Waals surface area contributed by atoms with Crippen LogP contribution in [0.4, 0.5) is 5.69 Å². The summed E-state index contributed by atoms with van der Waals surface area (Å²) in [5.74, 6) is -0.857. The predicted molar refractivity (Wildman–Crippen MR) is 115 cm³/mol. The lowest BCUT2D eigenvalue weighted by Gasteiger charge is -2.08. The van der Waals surface area contributed by atoms with Crippen LogP contribution < -0.4 is 5.32 Å². The maximum atomic E-state index is 12.4. The van der Waals surface area contributed by atoms with Crippen LogP contribution in [0.3, 0.4) is 0 Å². The Morgan fingerprint density at radius 3 is 2.60 bits per heavy atom. The molecule has 2 heterocycles. The van der Waals surface area contributed by atoms with Crippen molar-refractivity contribution >= 4 is 28.5 Å². The number of carbonyl (C=O) groups is 2. The van der Waals surface area contributed by atoms with Gasteiger partial charge in [-0.1, -0.05) is 36.4 Å². The number of hydrogen-bond donors (Lipinski definition) is 2. The number of H-pyrrole nitrogens is 1. The number of nitrogens with zero attached hydrogens (tertiary/aromatic N) is 2. The topological polar surface area (TPSA) is 89.0 Å². The molecule has 0 aliphatic heterocycles. The average molecular weight is 402 g/mol. The largest absolute Gasteiger partial charge is 0.455 e. The molecule has 0 aliphatic rings. The van der Waals surface area contributed by atoms with Gasteiger partial charge in [-0.3, -0.25) is 9.59 Å². The number of fused-ring (bicyclic) bond motifs is 1. The molecule has 2 N–H and O–H groups in total. The number of aromatic nitrogens is 3. The Balaban J connectivity index is 1.37. The van der Waals surface area contributed by atoms with Crippen molar-refractivity contribution in [2.24, 2.45) is 0 Å². The van der Waals surface area contributed by atoms with Crippen LogP contribution in [0.1, 0.15) is 17.0 Å². The van der Waals surface area contributed by atoms with Gasteiger partial charge < -0.3 is 15.0 Å². The van der Waals surface area contributed by atoms with E-state index in [-0.39, 0.29) is 13.0 Å². The molecule has 0 aliphatic carbocycles. The Morgan fingerprint density at radius 2 is 1.80 bits per heavy atom. The molecular formula is C23H22N4O3. The van der Waals surface area contributed by atoms with E-state index in [9.17, 15) is 9.59 Å². The molecule has 152 valence electrons. The number of amides is 1.